The Balaban J connectivity index is 1.97. The van der Waals surface area contributed by atoms with Crippen molar-refractivity contribution in [2.75, 3.05) is 0 Å². The van der Waals surface area contributed by atoms with E-state index < -0.39 is 27.4 Å². The van der Waals surface area contributed by atoms with Crippen molar-refractivity contribution in [3.63, 3.8) is 0 Å². The molecular weight excluding hydrogens is 455 g/mol. The maximum Gasteiger partial charge on any atom is 0.416 e. The van der Waals surface area contributed by atoms with Crippen molar-refractivity contribution in [3.8, 4) is 16.9 Å². The molecule has 9 heteroatoms. The predicted octanol–water partition coefficient (Wildman–Crippen LogP) is 5.30. The number of rotatable bonds is 4. The molecule has 0 amide bonds. The number of halogens is 3. The Bertz CT molecular complexity index is 1510. The zero-order chi connectivity index (χ0) is 24.0. The number of nitrogens with zero attached hydrogens (tertiary/aromatic N) is 1. The predicted molar refractivity (Wildman–Crippen MR) is 119 cm³/mol. The van der Waals surface area contributed by atoms with Gasteiger partial charge in [0.2, 0.25) is 0 Å². The largest absolute Gasteiger partial charge is 0.416 e. The van der Waals surface area contributed by atoms with Crippen LogP contribution >= 0.6 is 0 Å². The van der Waals surface area contributed by atoms with Crippen LogP contribution in [0.15, 0.2) is 82.5 Å². The standard InChI is InChI=1S/C24H18F3NO4S/c1-15-7-13-18(14-8-15)33(30,31)32-22-19-5-3-4-6-20(19)28(2)23(29)21(22)16-9-11-17(12-10-16)24(25,26)27/h3-14H,1-2H3. The number of aromatic nitrogens is 1. The van der Waals surface area contributed by atoms with E-state index in [2.05, 4.69) is 0 Å². The summed E-state index contributed by atoms with van der Waals surface area (Å²) < 4.78 is 71.9. The molecule has 1 heterocycles. The average Bonchev–Trinajstić information content (AvgIpc) is 2.77. The van der Waals surface area contributed by atoms with Gasteiger partial charge in [-0.1, -0.05) is 42.0 Å². The van der Waals surface area contributed by atoms with Gasteiger partial charge >= 0.3 is 16.3 Å². The highest BCUT2D eigenvalue weighted by atomic mass is 32.2. The summed E-state index contributed by atoms with van der Waals surface area (Å²) in [6.07, 6.45) is -4.55. The molecule has 0 atom stereocenters. The Labute approximate surface area is 187 Å². The molecule has 0 fully saturated rings. The molecular formula is C24H18F3NO4S. The van der Waals surface area contributed by atoms with Crippen molar-refractivity contribution in [2.45, 2.75) is 18.0 Å². The summed E-state index contributed by atoms with van der Waals surface area (Å²) >= 11 is 0. The maximum atomic E-state index is 13.2. The molecule has 33 heavy (non-hydrogen) atoms. The van der Waals surface area contributed by atoms with Gasteiger partial charge in [0.15, 0.2) is 5.75 Å². The quantitative estimate of drug-likeness (QED) is 0.377. The van der Waals surface area contributed by atoms with Crippen LogP contribution in [0.4, 0.5) is 13.2 Å². The zero-order valence-corrected chi connectivity index (χ0v) is 18.4. The van der Waals surface area contributed by atoms with Crippen LogP contribution in [0.3, 0.4) is 0 Å². The normalized spacial score (nSPS) is 12.2. The first-order chi connectivity index (χ1) is 15.5. The van der Waals surface area contributed by atoms with Crippen LogP contribution in [-0.2, 0) is 23.3 Å². The molecule has 0 spiro atoms. The van der Waals surface area contributed by atoms with Gasteiger partial charge in [0.05, 0.1) is 16.6 Å². The summed E-state index contributed by atoms with van der Waals surface area (Å²) in [5.41, 5.74) is -0.295. The first-order valence-corrected chi connectivity index (χ1v) is 11.2. The van der Waals surface area contributed by atoms with Gasteiger partial charge in [-0.3, -0.25) is 4.79 Å². The topological polar surface area (TPSA) is 65.4 Å². The van der Waals surface area contributed by atoms with Crippen molar-refractivity contribution < 1.29 is 25.8 Å². The van der Waals surface area contributed by atoms with E-state index in [0.717, 1.165) is 29.8 Å². The maximum absolute atomic E-state index is 13.2. The van der Waals surface area contributed by atoms with Gasteiger partial charge in [-0.2, -0.15) is 21.6 Å². The van der Waals surface area contributed by atoms with Crippen molar-refractivity contribution in [2.24, 2.45) is 7.05 Å². The minimum Gasteiger partial charge on any atom is -0.377 e. The fourth-order valence-electron chi connectivity index (χ4n) is 3.50. The van der Waals surface area contributed by atoms with Crippen molar-refractivity contribution in [3.05, 3.63) is 94.3 Å². The van der Waals surface area contributed by atoms with Crippen molar-refractivity contribution in [1.29, 1.82) is 0 Å². The van der Waals surface area contributed by atoms with Crippen LogP contribution in [0.2, 0.25) is 0 Å². The lowest BCUT2D eigenvalue weighted by Crippen LogP contribution is -2.22. The van der Waals surface area contributed by atoms with E-state index in [-0.39, 0.29) is 21.8 Å². The summed E-state index contributed by atoms with van der Waals surface area (Å²) in [7, 11) is -2.84. The Morgan fingerprint density at radius 3 is 2.09 bits per heavy atom. The lowest BCUT2D eigenvalue weighted by atomic mass is 10.0. The number of para-hydroxylation sites is 1. The fourth-order valence-corrected chi connectivity index (χ4v) is 4.45. The number of aryl methyl sites for hydroxylation is 2. The van der Waals surface area contributed by atoms with E-state index in [0.29, 0.717) is 10.9 Å². The smallest absolute Gasteiger partial charge is 0.377 e. The summed E-state index contributed by atoms with van der Waals surface area (Å²) in [6, 6.07) is 16.4. The molecule has 0 aliphatic heterocycles. The van der Waals surface area contributed by atoms with E-state index in [4.69, 9.17) is 4.18 Å². The summed E-state index contributed by atoms with van der Waals surface area (Å²) in [4.78, 5) is 13.1. The molecule has 0 saturated carbocycles. The molecule has 0 unspecified atom stereocenters. The van der Waals surface area contributed by atoms with Gasteiger partial charge in [0.25, 0.3) is 5.56 Å². The number of alkyl halides is 3. The average molecular weight is 473 g/mol. The third kappa shape index (κ3) is 4.23. The number of hydrogen-bond donors (Lipinski definition) is 0. The monoisotopic (exact) mass is 473 g/mol. The van der Waals surface area contributed by atoms with E-state index in [1.165, 1.54) is 23.7 Å². The highest BCUT2D eigenvalue weighted by Gasteiger charge is 2.31. The SMILES string of the molecule is Cc1ccc(S(=O)(=O)Oc2c(-c3ccc(C(F)(F)F)cc3)c(=O)n(C)c3ccccc23)cc1. The molecule has 3 aromatic carbocycles. The lowest BCUT2D eigenvalue weighted by molar-refractivity contribution is -0.137. The minimum absolute atomic E-state index is 0.100. The third-order valence-corrected chi connectivity index (χ3v) is 6.49. The second kappa shape index (κ2) is 8.08. The number of pyridine rings is 1. The summed E-state index contributed by atoms with van der Waals surface area (Å²) in [5, 5.41) is 0.324. The molecule has 1 aromatic heterocycles. The molecule has 0 aliphatic carbocycles. The van der Waals surface area contributed by atoms with Crippen LogP contribution < -0.4 is 9.74 Å². The minimum atomic E-state index is -4.55. The van der Waals surface area contributed by atoms with E-state index >= 15 is 0 Å². The molecule has 0 N–H and O–H groups in total. The van der Waals surface area contributed by atoms with Crippen molar-refractivity contribution in [1.82, 2.24) is 4.57 Å². The van der Waals surface area contributed by atoms with Crippen LogP contribution in [0.5, 0.6) is 5.75 Å². The summed E-state index contributed by atoms with van der Waals surface area (Å²) in [5.74, 6) is -0.242. The van der Waals surface area contributed by atoms with E-state index in [9.17, 15) is 26.4 Å². The molecule has 0 aliphatic rings. The van der Waals surface area contributed by atoms with Gasteiger partial charge in [0, 0.05) is 12.4 Å². The fraction of sp³-hybridized carbons (Fsp3) is 0.125. The zero-order valence-electron chi connectivity index (χ0n) is 17.6. The second-order valence-electron chi connectivity index (χ2n) is 7.51. The van der Waals surface area contributed by atoms with Crippen LogP contribution in [0.25, 0.3) is 22.0 Å². The van der Waals surface area contributed by atoms with Gasteiger partial charge in [0.1, 0.15) is 4.90 Å². The highest BCUT2D eigenvalue weighted by Crippen LogP contribution is 2.37. The Morgan fingerprint density at radius 1 is 0.879 bits per heavy atom. The van der Waals surface area contributed by atoms with E-state index in [1.807, 2.05) is 0 Å². The molecule has 170 valence electrons. The first-order valence-electron chi connectivity index (χ1n) is 9.79. The Hall–Kier alpha value is -3.59. The molecule has 0 saturated heterocycles. The molecule has 0 radical (unpaired) electrons. The Kier molecular flexibility index (Phi) is 5.53. The highest BCUT2D eigenvalue weighted by molar-refractivity contribution is 7.87. The summed E-state index contributed by atoms with van der Waals surface area (Å²) in [6.45, 7) is 1.80. The third-order valence-electron chi connectivity index (χ3n) is 5.26. The molecule has 4 aromatic rings. The second-order valence-corrected chi connectivity index (χ2v) is 9.06. The number of hydrogen-bond acceptors (Lipinski definition) is 4. The van der Waals surface area contributed by atoms with Crippen LogP contribution in [0, 0.1) is 6.92 Å². The van der Waals surface area contributed by atoms with Gasteiger partial charge in [-0.15, -0.1) is 0 Å². The van der Waals surface area contributed by atoms with E-state index in [1.54, 1.807) is 43.3 Å². The van der Waals surface area contributed by atoms with Gasteiger partial charge in [-0.05, 0) is 48.9 Å². The lowest BCUT2D eigenvalue weighted by Gasteiger charge is -2.17. The number of fused-ring (bicyclic) bond motifs is 1. The van der Waals surface area contributed by atoms with Crippen molar-refractivity contribution >= 4 is 21.0 Å². The van der Waals surface area contributed by atoms with Gasteiger partial charge in [-0.25, -0.2) is 0 Å². The molecule has 4 rings (SSSR count). The number of benzene rings is 3. The Morgan fingerprint density at radius 2 is 1.48 bits per heavy atom. The van der Waals surface area contributed by atoms with Crippen LogP contribution in [-0.4, -0.2) is 13.0 Å². The molecule has 5 nitrogen and oxygen atoms in total. The first kappa shape index (κ1) is 22.6. The van der Waals surface area contributed by atoms with Gasteiger partial charge < -0.3 is 8.75 Å². The molecule has 0 bridgehead atoms. The van der Waals surface area contributed by atoms with Crippen LogP contribution in [0.1, 0.15) is 11.1 Å².